The van der Waals surface area contributed by atoms with Crippen LogP contribution in [0.3, 0.4) is 0 Å². The summed E-state index contributed by atoms with van der Waals surface area (Å²) in [4.78, 5) is 12.3. The average molecular weight is 388 g/mol. The van der Waals surface area contributed by atoms with Crippen molar-refractivity contribution in [3.05, 3.63) is 67.3 Å². The largest absolute Gasteiger partial charge is 0.489 e. The van der Waals surface area contributed by atoms with Crippen LogP contribution in [0.15, 0.2) is 72.1 Å². The van der Waals surface area contributed by atoms with Crippen molar-refractivity contribution in [2.75, 3.05) is 25.5 Å². The topological polar surface area (TPSA) is 75.7 Å². The Labute approximate surface area is 160 Å². The van der Waals surface area contributed by atoms with Gasteiger partial charge in [-0.1, -0.05) is 36.9 Å². The summed E-state index contributed by atoms with van der Waals surface area (Å²) in [5.41, 5.74) is 0.631. The van der Waals surface area contributed by atoms with E-state index in [0.29, 0.717) is 24.5 Å². The van der Waals surface area contributed by atoms with Crippen molar-refractivity contribution < 1.29 is 17.9 Å². The van der Waals surface area contributed by atoms with Gasteiger partial charge in [0.1, 0.15) is 12.4 Å². The Kier molecular flexibility index (Phi) is 7.57. The molecule has 0 radical (unpaired) electrons. The predicted molar refractivity (Wildman–Crippen MR) is 106 cm³/mol. The Bertz CT molecular complexity index is 867. The fourth-order valence-corrected chi connectivity index (χ4v) is 3.63. The minimum Gasteiger partial charge on any atom is -0.489 e. The van der Waals surface area contributed by atoms with Gasteiger partial charge in [-0.3, -0.25) is 4.79 Å². The Morgan fingerprint density at radius 2 is 1.93 bits per heavy atom. The third-order valence-electron chi connectivity index (χ3n) is 3.81. The molecule has 0 saturated heterocycles. The fourth-order valence-electron chi connectivity index (χ4n) is 2.40. The molecule has 2 rings (SSSR count). The molecule has 1 N–H and O–H groups in total. The van der Waals surface area contributed by atoms with Crippen LogP contribution in [0, 0.1) is 0 Å². The van der Waals surface area contributed by atoms with E-state index in [1.54, 1.807) is 60.7 Å². The summed E-state index contributed by atoms with van der Waals surface area (Å²) in [5.74, 6) is 0.461. The summed E-state index contributed by atoms with van der Waals surface area (Å²) in [7, 11) is -2.02. The number of amides is 1. The van der Waals surface area contributed by atoms with E-state index >= 15 is 0 Å². The molecule has 1 amide bonds. The first kappa shape index (κ1) is 20.7. The van der Waals surface area contributed by atoms with Crippen molar-refractivity contribution >= 4 is 21.6 Å². The summed E-state index contributed by atoms with van der Waals surface area (Å²) in [6.45, 7) is 4.24. The van der Waals surface area contributed by atoms with Gasteiger partial charge in [0, 0.05) is 31.8 Å². The minimum atomic E-state index is -3.53. The molecule has 27 heavy (non-hydrogen) atoms. The van der Waals surface area contributed by atoms with Gasteiger partial charge < -0.3 is 10.1 Å². The minimum absolute atomic E-state index is 0.179. The smallest absolute Gasteiger partial charge is 0.242 e. The number of anilines is 1. The van der Waals surface area contributed by atoms with Gasteiger partial charge in [-0.25, -0.2) is 12.7 Å². The first-order valence-corrected chi connectivity index (χ1v) is 10.0. The molecular formula is C20H24N2O4S. The van der Waals surface area contributed by atoms with E-state index in [4.69, 9.17) is 4.74 Å². The van der Waals surface area contributed by atoms with Crippen molar-refractivity contribution in [1.82, 2.24) is 4.31 Å². The van der Waals surface area contributed by atoms with Crippen LogP contribution in [0.25, 0.3) is 0 Å². The van der Waals surface area contributed by atoms with E-state index in [2.05, 4.69) is 11.9 Å². The molecule has 144 valence electrons. The Morgan fingerprint density at radius 1 is 1.19 bits per heavy atom. The van der Waals surface area contributed by atoms with Crippen LogP contribution in [0.4, 0.5) is 5.69 Å². The summed E-state index contributed by atoms with van der Waals surface area (Å²) in [6.07, 6.45) is 2.28. The van der Waals surface area contributed by atoms with E-state index in [1.165, 1.54) is 11.4 Å². The van der Waals surface area contributed by atoms with Gasteiger partial charge in [0.05, 0.1) is 4.90 Å². The predicted octanol–water partition coefficient (Wildman–Crippen LogP) is 3.29. The number of nitrogens with zero attached hydrogens (tertiary/aromatic N) is 1. The number of hydrogen-bond acceptors (Lipinski definition) is 4. The number of rotatable bonds is 10. The normalized spacial score (nSPS) is 11.2. The molecule has 0 aliphatic carbocycles. The number of benzene rings is 2. The molecule has 0 aliphatic heterocycles. The number of carbonyl (C=O) groups is 1. The van der Waals surface area contributed by atoms with Crippen LogP contribution in [0.5, 0.6) is 5.75 Å². The summed E-state index contributed by atoms with van der Waals surface area (Å²) in [6, 6.07) is 15.3. The third kappa shape index (κ3) is 6.23. The van der Waals surface area contributed by atoms with E-state index in [9.17, 15) is 13.2 Å². The lowest BCUT2D eigenvalue weighted by atomic mass is 10.2. The standard InChI is InChI=1S/C20H24N2O4S/c1-3-15-26-18-10-7-9-17(16-18)21-20(23)13-8-14-22(2)27(24,25)19-11-5-4-6-12-19/h3-7,9-12,16H,1,8,13-15H2,2H3,(H,21,23). The molecule has 6 nitrogen and oxygen atoms in total. The van der Waals surface area contributed by atoms with Crippen LogP contribution in [-0.2, 0) is 14.8 Å². The summed E-state index contributed by atoms with van der Waals surface area (Å²) < 4.78 is 31.5. The zero-order chi connectivity index (χ0) is 19.7. The van der Waals surface area contributed by atoms with Gasteiger partial charge in [-0.15, -0.1) is 0 Å². The second-order valence-electron chi connectivity index (χ2n) is 5.92. The summed E-state index contributed by atoms with van der Waals surface area (Å²) >= 11 is 0. The number of sulfonamides is 1. The van der Waals surface area contributed by atoms with Crippen LogP contribution < -0.4 is 10.1 Å². The third-order valence-corrected chi connectivity index (χ3v) is 5.68. The molecule has 0 aromatic heterocycles. The lowest BCUT2D eigenvalue weighted by Crippen LogP contribution is -2.28. The molecule has 2 aromatic carbocycles. The molecule has 0 atom stereocenters. The molecule has 0 heterocycles. The first-order chi connectivity index (χ1) is 12.9. The lowest BCUT2D eigenvalue weighted by Gasteiger charge is -2.17. The van der Waals surface area contributed by atoms with Crippen molar-refractivity contribution in [3.8, 4) is 5.75 Å². The van der Waals surface area contributed by atoms with E-state index in [1.807, 2.05) is 0 Å². The van der Waals surface area contributed by atoms with Crippen LogP contribution in [-0.4, -0.2) is 38.8 Å². The van der Waals surface area contributed by atoms with Crippen molar-refractivity contribution in [2.24, 2.45) is 0 Å². The molecule has 0 bridgehead atoms. The highest BCUT2D eigenvalue weighted by Gasteiger charge is 2.20. The van der Waals surface area contributed by atoms with Gasteiger partial charge in [0.2, 0.25) is 15.9 Å². The maximum Gasteiger partial charge on any atom is 0.242 e. The van der Waals surface area contributed by atoms with Gasteiger partial charge in [-0.2, -0.15) is 0 Å². The SMILES string of the molecule is C=CCOc1cccc(NC(=O)CCCN(C)S(=O)(=O)c2ccccc2)c1. The Hall–Kier alpha value is -2.64. The first-order valence-electron chi connectivity index (χ1n) is 8.58. The maximum absolute atomic E-state index is 12.4. The zero-order valence-corrected chi connectivity index (χ0v) is 16.1. The fraction of sp³-hybridized carbons (Fsp3) is 0.250. The van der Waals surface area contributed by atoms with Gasteiger partial charge in [0.15, 0.2) is 0 Å². The molecular weight excluding hydrogens is 364 g/mol. The quantitative estimate of drug-likeness (QED) is 0.634. The molecule has 2 aromatic rings. The molecule has 7 heteroatoms. The van der Waals surface area contributed by atoms with E-state index in [0.717, 1.165) is 0 Å². The molecule has 0 spiro atoms. The van der Waals surface area contributed by atoms with Crippen LogP contribution in [0.2, 0.25) is 0 Å². The van der Waals surface area contributed by atoms with Gasteiger partial charge >= 0.3 is 0 Å². The van der Waals surface area contributed by atoms with Crippen LogP contribution >= 0.6 is 0 Å². The molecule has 0 saturated carbocycles. The second-order valence-corrected chi connectivity index (χ2v) is 7.96. The lowest BCUT2D eigenvalue weighted by molar-refractivity contribution is -0.116. The molecule has 0 unspecified atom stereocenters. The number of carbonyl (C=O) groups excluding carboxylic acids is 1. The van der Waals surface area contributed by atoms with E-state index in [-0.39, 0.29) is 23.8 Å². The second kappa shape index (κ2) is 9.89. The number of nitrogens with one attached hydrogen (secondary N) is 1. The highest BCUT2D eigenvalue weighted by atomic mass is 32.2. The van der Waals surface area contributed by atoms with Gasteiger partial charge in [0.25, 0.3) is 0 Å². The summed E-state index contributed by atoms with van der Waals surface area (Å²) in [5, 5.41) is 2.79. The number of ether oxygens (including phenoxy) is 1. The molecule has 0 fully saturated rings. The highest BCUT2D eigenvalue weighted by molar-refractivity contribution is 7.89. The Morgan fingerprint density at radius 3 is 2.63 bits per heavy atom. The monoisotopic (exact) mass is 388 g/mol. The average Bonchev–Trinajstić information content (AvgIpc) is 2.67. The molecule has 0 aliphatic rings. The van der Waals surface area contributed by atoms with Crippen molar-refractivity contribution in [2.45, 2.75) is 17.7 Å². The van der Waals surface area contributed by atoms with Crippen molar-refractivity contribution in [3.63, 3.8) is 0 Å². The van der Waals surface area contributed by atoms with Crippen molar-refractivity contribution in [1.29, 1.82) is 0 Å². The zero-order valence-electron chi connectivity index (χ0n) is 15.3. The number of hydrogen-bond donors (Lipinski definition) is 1. The Balaban J connectivity index is 1.83. The maximum atomic E-state index is 12.4. The highest BCUT2D eigenvalue weighted by Crippen LogP contribution is 2.18. The van der Waals surface area contributed by atoms with Gasteiger partial charge in [-0.05, 0) is 30.7 Å². The van der Waals surface area contributed by atoms with E-state index < -0.39 is 10.0 Å². The van der Waals surface area contributed by atoms with Crippen LogP contribution in [0.1, 0.15) is 12.8 Å².